The zero-order chi connectivity index (χ0) is 24.3. The molecule has 4 aromatic rings. The van der Waals surface area contributed by atoms with Gasteiger partial charge in [-0.1, -0.05) is 30.3 Å². The molecule has 8 heteroatoms. The normalized spacial score (nSPS) is 19.1. The number of H-pyrrole nitrogens is 1. The maximum absolute atomic E-state index is 13.8. The summed E-state index contributed by atoms with van der Waals surface area (Å²) in [6.07, 6.45) is 0.383. The number of aromatic carboxylic acids is 1. The number of hydrogen-bond acceptors (Lipinski definition) is 4. The van der Waals surface area contributed by atoms with Crippen LogP contribution in [-0.2, 0) is 11.2 Å². The highest BCUT2D eigenvalue weighted by Gasteiger charge is 2.53. The number of ether oxygens (including phenoxy) is 1. The average molecular weight is 467 g/mol. The number of carboxylic acid groups (broad SMARTS) is 1. The van der Waals surface area contributed by atoms with E-state index in [-0.39, 0.29) is 11.5 Å². The number of methoxy groups -OCH3 is 1. The lowest BCUT2D eigenvalue weighted by molar-refractivity contribution is -0.120. The number of para-hydroxylation sites is 1. The van der Waals surface area contributed by atoms with Crippen LogP contribution >= 0.6 is 0 Å². The third-order valence-electron chi connectivity index (χ3n) is 6.83. The van der Waals surface area contributed by atoms with E-state index in [2.05, 4.69) is 4.98 Å². The first-order valence-corrected chi connectivity index (χ1v) is 11.2. The van der Waals surface area contributed by atoms with Gasteiger partial charge in [0, 0.05) is 23.0 Å². The van der Waals surface area contributed by atoms with Gasteiger partial charge >= 0.3 is 12.0 Å². The Labute approximate surface area is 200 Å². The number of benzene rings is 3. The van der Waals surface area contributed by atoms with Gasteiger partial charge in [-0.25, -0.2) is 14.5 Å². The summed E-state index contributed by atoms with van der Waals surface area (Å²) in [5, 5.41) is 10.2. The van der Waals surface area contributed by atoms with E-state index in [9.17, 15) is 19.5 Å². The van der Waals surface area contributed by atoms with Gasteiger partial charge in [0.15, 0.2) is 0 Å². The molecule has 0 bridgehead atoms. The van der Waals surface area contributed by atoms with E-state index < -0.39 is 24.1 Å². The molecular weight excluding hydrogens is 446 g/mol. The lowest BCUT2D eigenvalue weighted by atomic mass is 9.89. The van der Waals surface area contributed by atoms with Gasteiger partial charge in [-0.15, -0.1) is 0 Å². The van der Waals surface area contributed by atoms with E-state index in [1.165, 1.54) is 24.3 Å². The van der Waals surface area contributed by atoms with Crippen molar-refractivity contribution in [1.82, 2.24) is 9.88 Å². The topological polar surface area (TPSA) is 103 Å². The molecule has 174 valence electrons. The first-order chi connectivity index (χ1) is 17.0. The zero-order valence-electron chi connectivity index (χ0n) is 18.8. The summed E-state index contributed by atoms with van der Waals surface area (Å²) in [4.78, 5) is 45.0. The smallest absolute Gasteiger partial charge is 0.335 e. The van der Waals surface area contributed by atoms with Crippen molar-refractivity contribution >= 4 is 34.5 Å². The van der Waals surface area contributed by atoms with Gasteiger partial charge in [0.25, 0.3) is 5.91 Å². The van der Waals surface area contributed by atoms with Crippen LogP contribution in [0.3, 0.4) is 0 Å². The Morgan fingerprint density at radius 2 is 1.80 bits per heavy atom. The fraction of sp³-hybridized carbons (Fsp3) is 0.148. The number of fused-ring (bicyclic) bond motifs is 4. The number of carbonyl (C=O) groups excluding carboxylic acids is 2. The molecule has 3 heterocycles. The van der Waals surface area contributed by atoms with Crippen molar-refractivity contribution < 1.29 is 24.2 Å². The Morgan fingerprint density at radius 3 is 2.54 bits per heavy atom. The Kier molecular flexibility index (Phi) is 4.63. The van der Waals surface area contributed by atoms with E-state index >= 15 is 0 Å². The average Bonchev–Trinajstić information content (AvgIpc) is 3.37. The third kappa shape index (κ3) is 3.10. The monoisotopic (exact) mass is 467 g/mol. The summed E-state index contributed by atoms with van der Waals surface area (Å²) in [6.45, 7) is 0. The van der Waals surface area contributed by atoms with E-state index in [1.807, 2.05) is 48.5 Å². The highest BCUT2D eigenvalue weighted by atomic mass is 16.5. The molecule has 2 aliphatic heterocycles. The van der Waals surface area contributed by atoms with Crippen LogP contribution in [0.1, 0.15) is 33.2 Å². The number of aromatic nitrogens is 1. The molecule has 1 fully saturated rings. The number of rotatable bonds is 4. The maximum atomic E-state index is 13.8. The molecule has 6 rings (SSSR count). The lowest BCUT2D eigenvalue weighted by Crippen LogP contribution is -2.44. The minimum atomic E-state index is -1.07. The highest BCUT2D eigenvalue weighted by Crippen LogP contribution is 2.45. The van der Waals surface area contributed by atoms with Crippen molar-refractivity contribution in [2.45, 2.75) is 18.5 Å². The van der Waals surface area contributed by atoms with Crippen LogP contribution in [0.15, 0.2) is 72.8 Å². The van der Waals surface area contributed by atoms with Crippen LogP contribution < -0.4 is 9.64 Å². The number of carboxylic acids is 1. The Balaban J connectivity index is 1.51. The molecule has 8 nitrogen and oxygen atoms in total. The van der Waals surface area contributed by atoms with Gasteiger partial charge in [0.2, 0.25) is 0 Å². The minimum absolute atomic E-state index is 0.0845. The molecule has 3 aromatic carbocycles. The largest absolute Gasteiger partial charge is 0.497 e. The number of urea groups is 1. The number of amides is 3. The van der Waals surface area contributed by atoms with E-state index in [0.717, 1.165) is 32.6 Å². The number of imide groups is 1. The first kappa shape index (κ1) is 21.0. The number of anilines is 1. The SMILES string of the molecule is COc1cccc(C2c3[nH]c4ccccc4c3C[C@@H]3C(=O)N(c4ccc(C(=O)O)cc4)C(=O)N23)c1. The summed E-state index contributed by atoms with van der Waals surface area (Å²) in [5.74, 6) is -0.750. The molecule has 2 aliphatic rings. The molecule has 0 saturated carbocycles. The summed E-state index contributed by atoms with van der Waals surface area (Å²) >= 11 is 0. The summed E-state index contributed by atoms with van der Waals surface area (Å²) in [5.41, 5.74) is 4.09. The first-order valence-electron chi connectivity index (χ1n) is 11.2. The van der Waals surface area contributed by atoms with E-state index in [4.69, 9.17) is 4.74 Å². The minimum Gasteiger partial charge on any atom is -0.497 e. The third-order valence-corrected chi connectivity index (χ3v) is 6.83. The van der Waals surface area contributed by atoms with E-state index in [0.29, 0.717) is 17.9 Å². The number of aromatic amines is 1. The number of hydrogen-bond donors (Lipinski definition) is 2. The van der Waals surface area contributed by atoms with Crippen molar-refractivity contribution in [3.05, 3.63) is 95.2 Å². The summed E-state index contributed by atoms with van der Waals surface area (Å²) in [7, 11) is 1.59. The Hall–Kier alpha value is -4.59. The van der Waals surface area contributed by atoms with Gasteiger partial charge in [-0.3, -0.25) is 9.69 Å². The maximum Gasteiger partial charge on any atom is 0.335 e. The van der Waals surface area contributed by atoms with E-state index in [1.54, 1.807) is 12.0 Å². The molecule has 0 radical (unpaired) electrons. The fourth-order valence-corrected chi connectivity index (χ4v) is 5.22. The van der Waals surface area contributed by atoms with Crippen LogP contribution in [-0.4, -0.2) is 46.0 Å². The molecule has 2 atom stereocenters. The summed E-state index contributed by atoms with van der Waals surface area (Å²) in [6, 6.07) is 19.5. The van der Waals surface area contributed by atoms with Crippen molar-refractivity contribution in [2.75, 3.05) is 12.0 Å². The molecule has 2 N–H and O–H groups in total. The van der Waals surface area contributed by atoms with Gasteiger partial charge in [0.1, 0.15) is 17.8 Å². The second-order valence-corrected chi connectivity index (χ2v) is 8.68. The zero-order valence-corrected chi connectivity index (χ0v) is 18.8. The van der Waals surface area contributed by atoms with Gasteiger partial charge in [-0.05, 0) is 53.6 Å². The van der Waals surface area contributed by atoms with Crippen molar-refractivity contribution in [3.63, 3.8) is 0 Å². The van der Waals surface area contributed by atoms with Gasteiger partial charge in [-0.2, -0.15) is 0 Å². The molecule has 3 amide bonds. The quantitative estimate of drug-likeness (QED) is 0.434. The Morgan fingerprint density at radius 1 is 1.03 bits per heavy atom. The highest BCUT2D eigenvalue weighted by molar-refractivity contribution is 6.22. The van der Waals surface area contributed by atoms with Gasteiger partial charge in [0.05, 0.1) is 18.4 Å². The van der Waals surface area contributed by atoms with Crippen LogP contribution in [0.4, 0.5) is 10.5 Å². The van der Waals surface area contributed by atoms with Crippen LogP contribution in [0.5, 0.6) is 5.75 Å². The van der Waals surface area contributed by atoms with Gasteiger partial charge < -0.3 is 14.8 Å². The van der Waals surface area contributed by atoms with Crippen molar-refractivity contribution in [1.29, 1.82) is 0 Å². The second kappa shape index (κ2) is 7.73. The lowest BCUT2D eigenvalue weighted by Gasteiger charge is -2.36. The predicted octanol–water partition coefficient (Wildman–Crippen LogP) is 4.36. The molecule has 1 aromatic heterocycles. The van der Waals surface area contributed by atoms with Crippen LogP contribution in [0.25, 0.3) is 10.9 Å². The fourth-order valence-electron chi connectivity index (χ4n) is 5.22. The second-order valence-electron chi connectivity index (χ2n) is 8.68. The number of carbonyl (C=O) groups is 3. The predicted molar refractivity (Wildman–Crippen MR) is 129 cm³/mol. The molecule has 1 unspecified atom stereocenters. The molecule has 1 saturated heterocycles. The number of nitrogens with zero attached hydrogens (tertiary/aromatic N) is 2. The Bertz CT molecular complexity index is 1510. The molecule has 0 aliphatic carbocycles. The van der Waals surface area contributed by atoms with Crippen LogP contribution in [0, 0.1) is 0 Å². The number of nitrogens with one attached hydrogen (secondary N) is 1. The van der Waals surface area contributed by atoms with Crippen molar-refractivity contribution in [3.8, 4) is 5.75 Å². The molecule has 35 heavy (non-hydrogen) atoms. The van der Waals surface area contributed by atoms with Crippen molar-refractivity contribution in [2.24, 2.45) is 0 Å². The standard InChI is InChI=1S/C27H21N3O5/c1-35-18-6-4-5-16(13-18)24-23-20(19-7-2-3-8-21(19)28-23)14-22-25(31)29(27(34)30(22)24)17-11-9-15(10-12-17)26(32)33/h2-13,22,24,28H,14H2,1H3,(H,32,33)/t22-,24?/m1/s1. The van der Waals surface area contributed by atoms with Crippen LogP contribution in [0.2, 0.25) is 0 Å². The molecule has 0 spiro atoms. The molecular formula is C27H21N3O5. The summed E-state index contributed by atoms with van der Waals surface area (Å²) < 4.78 is 5.43.